The Balaban J connectivity index is 1.56. The van der Waals surface area contributed by atoms with Crippen molar-refractivity contribution in [1.29, 1.82) is 0 Å². The summed E-state index contributed by atoms with van der Waals surface area (Å²) in [7, 11) is 3.42. The molecule has 2 fully saturated rings. The van der Waals surface area contributed by atoms with E-state index in [1.54, 1.807) is 37.4 Å². The van der Waals surface area contributed by atoms with E-state index in [-0.39, 0.29) is 40.8 Å². The highest BCUT2D eigenvalue weighted by atomic mass is 79.9. The van der Waals surface area contributed by atoms with Gasteiger partial charge in [0.15, 0.2) is 0 Å². The van der Waals surface area contributed by atoms with Crippen LogP contribution in [-0.2, 0) is 4.74 Å². The number of hydrogen-bond acceptors (Lipinski definition) is 9. The predicted molar refractivity (Wildman–Crippen MR) is 156 cm³/mol. The molecule has 1 aliphatic carbocycles. The van der Waals surface area contributed by atoms with Gasteiger partial charge in [-0.1, -0.05) is 28.8 Å². The molecule has 0 radical (unpaired) electrons. The Kier molecular flexibility index (Phi) is 10.3. The molecule has 1 saturated heterocycles. The second kappa shape index (κ2) is 13.9. The summed E-state index contributed by atoms with van der Waals surface area (Å²) in [6.45, 7) is 3.85. The third-order valence-corrected chi connectivity index (χ3v) is 7.94. The number of amides is 2. The standard InChI is InChI=1S/C27H36BrN7O5/c1-29-20-13-18(16-30-17-20)26(36)32-23-6-4-3-5-22(23)31-25-21(14-19(28)15-24(25)35(38)39)27(37)34-9-7-33(8-10-34)11-12-40-2/h13-17,22-23,29,31H,3-12H2,1-2H3,(H,32,36)/t22-,23+/m1/s1. The number of ether oxygens (including phenoxy) is 1. The van der Waals surface area contributed by atoms with Crippen LogP contribution >= 0.6 is 15.9 Å². The maximum Gasteiger partial charge on any atom is 0.294 e. The summed E-state index contributed by atoms with van der Waals surface area (Å²) in [6, 6.07) is 4.19. The van der Waals surface area contributed by atoms with E-state index in [4.69, 9.17) is 4.74 Å². The first-order chi connectivity index (χ1) is 19.3. The zero-order valence-electron chi connectivity index (χ0n) is 22.8. The molecule has 0 unspecified atom stereocenters. The number of nitro groups is 1. The monoisotopic (exact) mass is 617 g/mol. The number of nitro benzene ring substituents is 1. The van der Waals surface area contributed by atoms with Crippen LogP contribution in [0.2, 0.25) is 0 Å². The van der Waals surface area contributed by atoms with Crippen molar-refractivity contribution in [2.24, 2.45) is 0 Å². The molecule has 1 aliphatic heterocycles. The largest absolute Gasteiger partial charge is 0.387 e. The van der Waals surface area contributed by atoms with Gasteiger partial charge in [-0.25, -0.2) is 0 Å². The molecule has 0 spiro atoms. The van der Waals surface area contributed by atoms with Crippen LogP contribution in [0.4, 0.5) is 17.1 Å². The minimum atomic E-state index is -0.474. The highest BCUT2D eigenvalue weighted by molar-refractivity contribution is 9.10. The van der Waals surface area contributed by atoms with Gasteiger partial charge in [0, 0.05) is 81.9 Å². The van der Waals surface area contributed by atoms with Crippen molar-refractivity contribution in [2.75, 3.05) is 64.1 Å². The van der Waals surface area contributed by atoms with E-state index in [0.29, 0.717) is 55.7 Å². The van der Waals surface area contributed by atoms with Crippen molar-refractivity contribution in [1.82, 2.24) is 20.1 Å². The van der Waals surface area contributed by atoms with E-state index in [2.05, 4.69) is 41.8 Å². The molecule has 2 aromatic rings. The number of nitrogens with zero attached hydrogens (tertiary/aromatic N) is 4. The average molecular weight is 619 g/mol. The highest BCUT2D eigenvalue weighted by Crippen LogP contribution is 2.36. The van der Waals surface area contributed by atoms with Gasteiger partial charge in [-0.3, -0.25) is 29.6 Å². The lowest BCUT2D eigenvalue weighted by atomic mass is 9.89. The van der Waals surface area contributed by atoms with Crippen molar-refractivity contribution in [3.63, 3.8) is 0 Å². The maximum atomic E-state index is 13.7. The number of carbonyl (C=O) groups is 2. The number of benzene rings is 1. The Hall–Kier alpha value is -3.29. The summed E-state index contributed by atoms with van der Waals surface area (Å²) >= 11 is 3.36. The summed E-state index contributed by atoms with van der Waals surface area (Å²) in [4.78, 5) is 46.6. The molecule has 2 heterocycles. The summed E-state index contributed by atoms with van der Waals surface area (Å²) < 4.78 is 5.62. The molecule has 0 bridgehead atoms. The first-order valence-corrected chi connectivity index (χ1v) is 14.3. The summed E-state index contributed by atoms with van der Waals surface area (Å²) in [5.74, 6) is -0.527. The minimum Gasteiger partial charge on any atom is -0.387 e. The molecule has 2 atom stereocenters. The molecule has 3 N–H and O–H groups in total. The smallest absolute Gasteiger partial charge is 0.294 e. The average Bonchev–Trinajstić information content (AvgIpc) is 2.97. The van der Waals surface area contributed by atoms with E-state index in [9.17, 15) is 19.7 Å². The number of hydrogen-bond donors (Lipinski definition) is 3. The number of halogens is 1. The lowest BCUT2D eigenvalue weighted by Gasteiger charge is -2.36. The normalized spacial score (nSPS) is 19.6. The fourth-order valence-electron chi connectivity index (χ4n) is 5.24. The number of rotatable bonds is 10. The lowest BCUT2D eigenvalue weighted by Crippen LogP contribution is -2.50. The predicted octanol–water partition coefficient (Wildman–Crippen LogP) is 3.35. The van der Waals surface area contributed by atoms with Gasteiger partial charge in [0.1, 0.15) is 5.69 Å². The van der Waals surface area contributed by atoms with Crippen molar-refractivity contribution < 1.29 is 19.2 Å². The molecule has 40 heavy (non-hydrogen) atoms. The van der Waals surface area contributed by atoms with Gasteiger partial charge in [-0.2, -0.15) is 0 Å². The molecule has 216 valence electrons. The number of anilines is 2. The van der Waals surface area contributed by atoms with Gasteiger partial charge in [0.2, 0.25) is 0 Å². The number of carbonyl (C=O) groups excluding carboxylic acids is 2. The number of nitrogens with one attached hydrogen (secondary N) is 3. The Morgan fingerprint density at radius 1 is 1.12 bits per heavy atom. The van der Waals surface area contributed by atoms with E-state index in [1.807, 2.05) is 0 Å². The SMILES string of the molecule is CNc1cncc(C(=O)N[C@H]2CCCC[C@H]2Nc2c(C(=O)N3CCN(CCOC)CC3)cc(Br)cc2[N+](=O)[O-])c1. The summed E-state index contributed by atoms with van der Waals surface area (Å²) in [5, 5.41) is 21.5. The van der Waals surface area contributed by atoms with Gasteiger partial charge in [-0.05, 0) is 25.0 Å². The van der Waals surface area contributed by atoms with Crippen molar-refractivity contribution in [3.05, 3.63) is 56.3 Å². The van der Waals surface area contributed by atoms with E-state index >= 15 is 0 Å². The van der Waals surface area contributed by atoms with Crippen LogP contribution in [0.25, 0.3) is 0 Å². The van der Waals surface area contributed by atoms with Gasteiger partial charge in [-0.15, -0.1) is 0 Å². The van der Waals surface area contributed by atoms with Crippen LogP contribution in [0.5, 0.6) is 0 Å². The number of methoxy groups -OCH3 is 1. The van der Waals surface area contributed by atoms with Crippen molar-refractivity contribution in [2.45, 2.75) is 37.8 Å². The van der Waals surface area contributed by atoms with Crippen LogP contribution in [0, 0.1) is 10.1 Å². The topological polar surface area (TPSA) is 142 Å². The fourth-order valence-corrected chi connectivity index (χ4v) is 5.68. The maximum absolute atomic E-state index is 13.7. The van der Waals surface area contributed by atoms with E-state index in [1.165, 1.54) is 12.3 Å². The first kappa shape index (κ1) is 29.7. The van der Waals surface area contributed by atoms with Gasteiger partial charge < -0.3 is 25.6 Å². The molecule has 2 aliphatic rings. The van der Waals surface area contributed by atoms with Crippen molar-refractivity contribution in [3.8, 4) is 0 Å². The van der Waals surface area contributed by atoms with E-state index in [0.717, 1.165) is 25.1 Å². The molecule has 2 amide bonds. The summed E-state index contributed by atoms with van der Waals surface area (Å²) in [6.07, 6.45) is 6.36. The van der Waals surface area contributed by atoms with Crippen LogP contribution in [0.15, 0.2) is 35.1 Å². The molecule has 4 rings (SSSR count). The van der Waals surface area contributed by atoms with Gasteiger partial charge in [0.05, 0.1) is 28.3 Å². The van der Waals surface area contributed by atoms with E-state index < -0.39 is 4.92 Å². The molecular formula is C27H36BrN7O5. The zero-order valence-corrected chi connectivity index (χ0v) is 24.4. The molecule has 1 aromatic heterocycles. The van der Waals surface area contributed by atoms with Crippen LogP contribution < -0.4 is 16.0 Å². The fraction of sp³-hybridized carbons (Fsp3) is 0.519. The van der Waals surface area contributed by atoms with Crippen molar-refractivity contribution >= 4 is 44.8 Å². The number of pyridine rings is 1. The lowest BCUT2D eigenvalue weighted by molar-refractivity contribution is -0.384. The number of aromatic nitrogens is 1. The highest BCUT2D eigenvalue weighted by Gasteiger charge is 2.33. The molecule has 1 aromatic carbocycles. The third-order valence-electron chi connectivity index (χ3n) is 7.48. The molecule has 13 heteroatoms. The molecule has 12 nitrogen and oxygen atoms in total. The number of piperazine rings is 1. The van der Waals surface area contributed by atoms with Crippen LogP contribution in [-0.4, -0.2) is 97.1 Å². The van der Waals surface area contributed by atoms with Crippen LogP contribution in [0.1, 0.15) is 46.4 Å². The van der Waals surface area contributed by atoms with Gasteiger partial charge in [0.25, 0.3) is 17.5 Å². The Bertz CT molecular complexity index is 1220. The Morgan fingerprint density at radius 3 is 2.52 bits per heavy atom. The second-order valence-corrected chi connectivity index (χ2v) is 11.0. The second-order valence-electron chi connectivity index (χ2n) is 10.1. The third kappa shape index (κ3) is 7.26. The Morgan fingerprint density at radius 2 is 1.85 bits per heavy atom. The first-order valence-electron chi connectivity index (χ1n) is 13.5. The Labute approximate surface area is 242 Å². The minimum absolute atomic E-state index is 0.182. The zero-order chi connectivity index (χ0) is 28.6. The molecular weight excluding hydrogens is 582 g/mol. The summed E-state index contributed by atoms with van der Waals surface area (Å²) in [5.41, 5.74) is 1.39. The molecule has 1 saturated carbocycles. The quantitative estimate of drug-likeness (QED) is 0.270. The van der Waals surface area contributed by atoms with Gasteiger partial charge >= 0.3 is 0 Å². The van der Waals surface area contributed by atoms with Crippen LogP contribution in [0.3, 0.4) is 0 Å².